The molecule has 0 aliphatic heterocycles. The summed E-state index contributed by atoms with van der Waals surface area (Å²) in [7, 11) is 1.68. The molecular weight excluding hydrogens is 264 g/mol. The molecule has 0 unspecified atom stereocenters. The molecule has 1 heterocycles. The number of nitrogens with one attached hydrogen (secondary N) is 1. The Morgan fingerprint density at radius 1 is 1.24 bits per heavy atom. The molecule has 1 N–H and O–H groups in total. The van der Waals surface area contributed by atoms with Gasteiger partial charge in [-0.15, -0.1) is 0 Å². The van der Waals surface area contributed by atoms with Gasteiger partial charge in [0.15, 0.2) is 0 Å². The Kier molecular flexibility index (Phi) is 3.22. The highest BCUT2D eigenvalue weighted by atomic mass is 16.5. The lowest BCUT2D eigenvalue weighted by molar-refractivity contribution is 0.103. The van der Waals surface area contributed by atoms with Gasteiger partial charge in [-0.1, -0.05) is 12.1 Å². The molecule has 0 spiro atoms. The van der Waals surface area contributed by atoms with Crippen LogP contribution in [0.2, 0.25) is 0 Å². The van der Waals surface area contributed by atoms with Crippen LogP contribution in [0.25, 0.3) is 10.8 Å². The number of H-pyrrole nitrogens is 1. The number of methoxy groups -OCH3 is 1. The number of hydrogen-bond acceptors (Lipinski definition) is 3. The first-order valence-corrected chi connectivity index (χ1v) is 6.73. The van der Waals surface area contributed by atoms with Crippen LogP contribution in [0.5, 0.6) is 5.75 Å². The molecule has 0 aliphatic carbocycles. The van der Waals surface area contributed by atoms with Gasteiger partial charge in [0.25, 0.3) is 0 Å². The first kappa shape index (κ1) is 13.4. The molecule has 0 saturated carbocycles. The molecule has 106 valence electrons. The molecule has 1 aromatic heterocycles. The minimum absolute atomic E-state index is 0.0794. The summed E-state index contributed by atoms with van der Waals surface area (Å²) in [6, 6.07) is 7.75. The number of ether oxygens (including phenoxy) is 1. The molecule has 0 saturated heterocycles. The van der Waals surface area contributed by atoms with Crippen LogP contribution >= 0.6 is 0 Å². The first-order valence-electron chi connectivity index (χ1n) is 6.73. The number of rotatable bonds is 3. The maximum atomic E-state index is 12.3. The van der Waals surface area contributed by atoms with Crippen LogP contribution in [0.1, 0.15) is 27.2 Å². The summed E-state index contributed by atoms with van der Waals surface area (Å²) in [5.41, 5.74) is 3.22. The normalized spacial score (nSPS) is 10.8. The molecule has 21 heavy (non-hydrogen) atoms. The number of aryl methyl sites for hydroxylation is 2. The third-order valence-electron chi connectivity index (χ3n) is 3.72. The highest BCUT2D eigenvalue weighted by Gasteiger charge is 2.13. The summed E-state index contributed by atoms with van der Waals surface area (Å²) < 4.78 is 5.44. The van der Waals surface area contributed by atoms with Crippen molar-refractivity contribution >= 4 is 16.6 Å². The van der Waals surface area contributed by atoms with Gasteiger partial charge in [-0.3, -0.25) is 4.79 Å². The predicted octanol–water partition coefficient (Wildman–Crippen LogP) is 3.42. The third kappa shape index (κ3) is 2.18. The Hall–Kier alpha value is -2.62. The predicted molar refractivity (Wildman–Crippen MR) is 82.0 cm³/mol. The quantitative estimate of drug-likeness (QED) is 0.748. The van der Waals surface area contributed by atoms with Crippen LogP contribution in [-0.4, -0.2) is 22.9 Å². The second-order valence-electron chi connectivity index (χ2n) is 5.07. The van der Waals surface area contributed by atoms with Gasteiger partial charge in [0.2, 0.25) is 5.78 Å². The second-order valence-corrected chi connectivity index (χ2v) is 5.07. The van der Waals surface area contributed by atoms with Crippen molar-refractivity contribution < 1.29 is 9.53 Å². The standard InChI is InChI=1S/C17H16N2O2/c1-10-6-13-7-12(16(20)15-8-18-9-19-15)4-5-14(13)11(2)17(10)21-3/h4-9H,1-3H3,(H,18,19). The zero-order valence-electron chi connectivity index (χ0n) is 12.2. The lowest BCUT2D eigenvalue weighted by Gasteiger charge is -2.12. The van der Waals surface area contributed by atoms with Crippen molar-refractivity contribution in [1.82, 2.24) is 9.97 Å². The molecule has 0 aliphatic rings. The van der Waals surface area contributed by atoms with Crippen molar-refractivity contribution in [2.24, 2.45) is 0 Å². The van der Waals surface area contributed by atoms with Crippen molar-refractivity contribution in [3.63, 3.8) is 0 Å². The van der Waals surface area contributed by atoms with E-state index >= 15 is 0 Å². The van der Waals surface area contributed by atoms with Crippen molar-refractivity contribution in [1.29, 1.82) is 0 Å². The Balaban J connectivity index is 2.15. The highest BCUT2D eigenvalue weighted by molar-refractivity contribution is 6.09. The van der Waals surface area contributed by atoms with Crippen LogP contribution in [0.4, 0.5) is 0 Å². The van der Waals surface area contributed by atoms with E-state index in [1.54, 1.807) is 13.3 Å². The largest absolute Gasteiger partial charge is 0.496 e. The van der Waals surface area contributed by atoms with E-state index < -0.39 is 0 Å². The average Bonchev–Trinajstić information content (AvgIpc) is 3.00. The van der Waals surface area contributed by atoms with E-state index in [9.17, 15) is 4.79 Å². The molecule has 0 bridgehead atoms. The smallest absolute Gasteiger partial charge is 0.212 e. The molecule has 4 heteroatoms. The van der Waals surface area contributed by atoms with Crippen molar-refractivity contribution in [2.75, 3.05) is 7.11 Å². The van der Waals surface area contributed by atoms with Gasteiger partial charge in [-0.2, -0.15) is 0 Å². The van der Waals surface area contributed by atoms with E-state index in [0.29, 0.717) is 11.3 Å². The molecule has 2 aromatic carbocycles. The monoisotopic (exact) mass is 280 g/mol. The van der Waals surface area contributed by atoms with Gasteiger partial charge < -0.3 is 9.72 Å². The van der Waals surface area contributed by atoms with Crippen LogP contribution in [0.3, 0.4) is 0 Å². The summed E-state index contributed by atoms with van der Waals surface area (Å²) in [6.45, 7) is 4.04. The Bertz CT molecular complexity index is 820. The number of aromatic nitrogens is 2. The topological polar surface area (TPSA) is 55.0 Å². The molecule has 4 nitrogen and oxygen atoms in total. The average molecular weight is 280 g/mol. The SMILES string of the molecule is COc1c(C)cc2cc(C(=O)c3c[nH]cn3)ccc2c1C. The zero-order valence-corrected chi connectivity index (χ0v) is 12.2. The Morgan fingerprint density at radius 2 is 2.05 bits per heavy atom. The number of aromatic amines is 1. The van der Waals surface area contributed by atoms with Gasteiger partial charge in [0.05, 0.1) is 13.4 Å². The van der Waals surface area contributed by atoms with Gasteiger partial charge in [0, 0.05) is 11.8 Å². The van der Waals surface area contributed by atoms with Crippen molar-refractivity contribution in [3.8, 4) is 5.75 Å². The Morgan fingerprint density at radius 3 is 2.71 bits per heavy atom. The molecule has 3 aromatic rings. The number of nitrogens with zero attached hydrogens (tertiary/aromatic N) is 1. The second kappa shape index (κ2) is 5.05. The number of hydrogen-bond donors (Lipinski definition) is 1. The number of imidazole rings is 1. The summed E-state index contributed by atoms with van der Waals surface area (Å²) in [5.74, 6) is 0.818. The minimum atomic E-state index is -0.0794. The minimum Gasteiger partial charge on any atom is -0.496 e. The maximum Gasteiger partial charge on any atom is 0.212 e. The highest BCUT2D eigenvalue weighted by Crippen LogP contribution is 2.31. The van der Waals surface area contributed by atoms with E-state index in [4.69, 9.17) is 4.74 Å². The fourth-order valence-corrected chi connectivity index (χ4v) is 2.73. The van der Waals surface area contributed by atoms with Gasteiger partial charge >= 0.3 is 0 Å². The van der Waals surface area contributed by atoms with E-state index in [2.05, 4.69) is 9.97 Å². The summed E-state index contributed by atoms with van der Waals surface area (Å²) in [6.07, 6.45) is 3.12. The van der Waals surface area contributed by atoms with Crippen LogP contribution in [0.15, 0.2) is 36.8 Å². The molecule has 3 rings (SSSR count). The summed E-state index contributed by atoms with van der Waals surface area (Å²) >= 11 is 0. The molecule has 0 fully saturated rings. The van der Waals surface area contributed by atoms with Crippen LogP contribution in [-0.2, 0) is 0 Å². The van der Waals surface area contributed by atoms with Gasteiger partial charge in [0.1, 0.15) is 11.4 Å². The third-order valence-corrected chi connectivity index (χ3v) is 3.72. The molecule has 0 amide bonds. The Labute approximate surface area is 122 Å². The van der Waals surface area contributed by atoms with Crippen molar-refractivity contribution in [2.45, 2.75) is 13.8 Å². The fourth-order valence-electron chi connectivity index (χ4n) is 2.73. The van der Waals surface area contributed by atoms with E-state index in [0.717, 1.165) is 27.6 Å². The summed E-state index contributed by atoms with van der Waals surface area (Å²) in [4.78, 5) is 19.1. The number of benzene rings is 2. The molecule has 0 atom stereocenters. The first-order chi connectivity index (χ1) is 10.1. The number of carbonyl (C=O) groups is 1. The van der Waals surface area contributed by atoms with Gasteiger partial charge in [-0.05, 0) is 47.9 Å². The van der Waals surface area contributed by atoms with Crippen molar-refractivity contribution in [3.05, 3.63) is 59.2 Å². The van der Waals surface area contributed by atoms with E-state index in [1.807, 2.05) is 38.1 Å². The maximum absolute atomic E-state index is 12.3. The van der Waals surface area contributed by atoms with Crippen LogP contribution < -0.4 is 4.74 Å². The zero-order chi connectivity index (χ0) is 15.0. The van der Waals surface area contributed by atoms with E-state index in [-0.39, 0.29) is 5.78 Å². The molecular formula is C17H16N2O2. The summed E-state index contributed by atoms with van der Waals surface area (Å²) in [5, 5.41) is 2.13. The number of ketones is 1. The number of fused-ring (bicyclic) bond motifs is 1. The van der Waals surface area contributed by atoms with Crippen LogP contribution in [0, 0.1) is 13.8 Å². The number of carbonyl (C=O) groups excluding carboxylic acids is 1. The molecule has 0 radical (unpaired) electrons. The van der Waals surface area contributed by atoms with E-state index in [1.165, 1.54) is 6.33 Å². The fraction of sp³-hybridized carbons (Fsp3) is 0.176. The lowest BCUT2D eigenvalue weighted by Crippen LogP contribution is -2.02. The van der Waals surface area contributed by atoms with Gasteiger partial charge in [-0.25, -0.2) is 4.98 Å². The lowest BCUT2D eigenvalue weighted by atomic mass is 9.97.